The van der Waals surface area contributed by atoms with Gasteiger partial charge in [0.15, 0.2) is 10.9 Å². The summed E-state index contributed by atoms with van der Waals surface area (Å²) in [5, 5.41) is 10.8. The molecule has 0 aliphatic heterocycles. The van der Waals surface area contributed by atoms with Crippen LogP contribution in [-0.4, -0.2) is 10.1 Å². The number of aromatic hydroxyl groups is 1. The van der Waals surface area contributed by atoms with Crippen LogP contribution in [0.4, 0.5) is 0 Å². The summed E-state index contributed by atoms with van der Waals surface area (Å²) in [6, 6.07) is 4.70. The first-order valence-corrected chi connectivity index (χ1v) is 6.00. The van der Waals surface area contributed by atoms with E-state index in [1.165, 1.54) is 12.3 Å². The highest BCUT2D eigenvalue weighted by Gasteiger charge is 2.14. The molecule has 0 aliphatic carbocycles. The molecule has 0 spiro atoms. The molecular formula is C11H5Cl4NO. The summed E-state index contributed by atoms with van der Waals surface area (Å²) in [7, 11) is 0. The zero-order chi connectivity index (χ0) is 12.6. The highest BCUT2D eigenvalue weighted by molar-refractivity contribution is 6.45. The lowest BCUT2D eigenvalue weighted by molar-refractivity contribution is 0.475. The van der Waals surface area contributed by atoms with E-state index >= 15 is 0 Å². The molecule has 2 aromatic rings. The summed E-state index contributed by atoms with van der Waals surface area (Å²) >= 11 is 23.6. The Morgan fingerprint density at radius 3 is 2.41 bits per heavy atom. The molecule has 0 amide bonds. The Labute approximate surface area is 118 Å². The normalized spacial score (nSPS) is 10.6. The molecule has 0 bridgehead atoms. The third-order valence-corrected chi connectivity index (χ3v) is 3.46. The van der Waals surface area contributed by atoms with E-state index in [0.29, 0.717) is 26.2 Å². The first-order valence-electron chi connectivity index (χ1n) is 4.49. The number of benzene rings is 1. The van der Waals surface area contributed by atoms with Gasteiger partial charge in [0, 0.05) is 22.3 Å². The minimum Gasteiger partial charge on any atom is -0.504 e. The van der Waals surface area contributed by atoms with Gasteiger partial charge in [0.05, 0.1) is 10.0 Å². The van der Waals surface area contributed by atoms with Crippen molar-refractivity contribution in [2.24, 2.45) is 0 Å². The standard InChI is InChI=1S/C11H5Cl4NO/c12-5-3-7(9(14)8(13)4-5)6-1-2-16-11(15)10(6)17/h1-4,17H. The van der Waals surface area contributed by atoms with Gasteiger partial charge in [-0.05, 0) is 18.2 Å². The van der Waals surface area contributed by atoms with Gasteiger partial charge in [0.25, 0.3) is 0 Å². The highest BCUT2D eigenvalue weighted by atomic mass is 35.5. The predicted octanol–water partition coefficient (Wildman–Crippen LogP) is 5.07. The second-order valence-electron chi connectivity index (χ2n) is 3.25. The molecule has 0 fully saturated rings. The summed E-state index contributed by atoms with van der Waals surface area (Å²) in [6.45, 7) is 0. The van der Waals surface area contributed by atoms with Gasteiger partial charge < -0.3 is 5.11 Å². The smallest absolute Gasteiger partial charge is 0.171 e. The molecule has 0 saturated carbocycles. The first kappa shape index (κ1) is 12.8. The fourth-order valence-electron chi connectivity index (χ4n) is 1.40. The van der Waals surface area contributed by atoms with Crippen LogP contribution >= 0.6 is 46.4 Å². The van der Waals surface area contributed by atoms with Crippen LogP contribution in [0.1, 0.15) is 0 Å². The first-order chi connectivity index (χ1) is 8.00. The molecular weight excluding hydrogens is 304 g/mol. The number of hydrogen-bond donors (Lipinski definition) is 1. The van der Waals surface area contributed by atoms with Crippen LogP contribution in [0.2, 0.25) is 20.2 Å². The number of aromatic nitrogens is 1. The second kappa shape index (κ2) is 4.91. The average molecular weight is 309 g/mol. The van der Waals surface area contributed by atoms with Gasteiger partial charge in [-0.15, -0.1) is 0 Å². The highest BCUT2D eigenvalue weighted by Crippen LogP contribution is 2.41. The van der Waals surface area contributed by atoms with Crippen LogP contribution in [0.5, 0.6) is 5.75 Å². The zero-order valence-electron chi connectivity index (χ0n) is 8.22. The number of rotatable bonds is 1. The van der Waals surface area contributed by atoms with Crippen molar-refractivity contribution in [3.05, 3.63) is 44.6 Å². The molecule has 17 heavy (non-hydrogen) atoms. The van der Waals surface area contributed by atoms with Crippen LogP contribution in [0.3, 0.4) is 0 Å². The van der Waals surface area contributed by atoms with Crippen LogP contribution in [-0.2, 0) is 0 Å². The molecule has 0 radical (unpaired) electrons. The summed E-state index contributed by atoms with van der Waals surface area (Å²) in [6.07, 6.45) is 1.46. The van der Waals surface area contributed by atoms with Crippen molar-refractivity contribution in [1.82, 2.24) is 4.98 Å². The van der Waals surface area contributed by atoms with Gasteiger partial charge >= 0.3 is 0 Å². The van der Waals surface area contributed by atoms with E-state index in [1.54, 1.807) is 12.1 Å². The Morgan fingerprint density at radius 1 is 1.00 bits per heavy atom. The van der Waals surface area contributed by atoms with E-state index in [2.05, 4.69) is 4.98 Å². The molecule has 2 rings (SSSR count). The summed E-state index contributed by atoms with van der Waals surface area (Å²) < 4.78 is 0. The van der Waals surface area contributed by atoms with Gasteiger partial charge in [-0.2, -0.15) is 0 Å². The Morgan fingerprint density at radius 2 is 1.71 bits per heavy atom. The number of hydrogen-bond acceptors (Lipinski definition) is 2. The van der Waals surface area contributed by atoms with Crippen LogP contribution < -0.4 is 0 Å². The Hall–Kier alpha value is -0.670. The quantitative estimate of drug-likeness (QED) is 0.589. The second-order valence-corrected chi connectivity index (χ2v) is 4.83. The maximum absolute atomic E-state index is 9.82. The number of halogens is 4. The van der Waals surface area contributed by atoms with Gasteiger partial charge in [-0.1, -0.05) is 46.4 Å². The van der Waals surface area contributed by atoms with E-state index in [4.69, 9.17) is 46.4 Å². The van der Waals surface area contributed by atoms with Gasteiger partial charge in [0.2, 0.25) is 0 Å². The lowest BCUT2D eigenvalue weighted by Crippen LogP contribution is -1.85. The van der Waals surface area contributed by atoms with Crippen molar-refractivity contribution >= 4 is 46.4 Å². The molecule has 1 aromatic carbocycles. The maximum atomic E-state index is 9.82. The third-order valence-electron chi connectivity index (χ3n) is 2.16. The average Bonchev–Trinajstić information content (AvgIpc) is 2.27. The topological polar surface area (TPSA) is 33.1 Å². The van der Waals surface area contributed by atoms with Crippen molar-refractivity contribution in [3.63, 3.8) is 0 Å². The van der Waals surface area contributed by atoms with Crippen molar-refractivity contribution in [2.45, 2.75) is 0 Å². The van der Waals surface area contributed by atoms with Crippen molar-refractivity contribution in [3.8, 4) is 16.9 Å². The molecule has 1 heterocycles. The fourth-order valence-corrected chi connectivity index (χ4v) is 2.26. The van der Waals surface area contributed by atoms with E-state index in [-0.39, 0.29) is 10.9 Å². The molecule has 0 saturated heterocycles. The number of nitrogens with zero attached hydrogens (tertiary/aromatic N) is 1. The number of pyridine rings is 1. The van der Waals surface area contributed by atoms with Crippen molar-refractivity contribution in [1.29, 1.82) is 0 Å². The van der Waals surface area contributed by atoms with Crippen molar-refractivity contribution < 1.29 is 5.11 Å². The van der Waals surface area contributed by atoms with E-state index in [1.807, 2.05) is 0 Å². The molecule has 0 atom stereocenters. The van der Waals surface area contributed by atoms with E-state index < -0.39 is 0 Å². The molecule has 1 N–H and O–H groups in total. The minimum atomic E-state index is -0.158. The van der Waals surface area contributed by atoms with E-state index in [0.717, 1.165) is 0 Å². The monoisotopic (exact) mass is 307 g/mol. The summed E-state index contributed by atoms with van der Waals surface area (Å²) in [4.78, 5) is 3.75. The fraction of sp³-hybridized carbons (Fsp3) is 0. The molecule has 2 nitrogen and oxygen atoms in total. The zero-order valence-corrected chi connectivity index (χ0v) is 11.2. The minimum absolute atomic E-state index is 0.00494. The Balaban J connectivity index is 2.73. The van der Waals surface area contributed by atoms with Gasteiger partial charge in [-0.3, -0.25) is 0 Å². The summed E-state index contributed by atoms with van der Waals surface area (Å²) in [5.74, 6) is -0.158. The molecule has 0 unspecified atom stereocenters. The predicted molar refractivity (Wildman–Crippen MR) is 71.4 cm³/mol. The van der Waals surface area contributed by atoms with E-state index in [9.17, 15) is 5.11 Å². The molecule has 6 heteroatoms. The molecule has 88 valence electrons. The van der Waals surface area contributed by atoms with Crippen LogP contribution in [0, 0.1) is 0 Å². The molecule has 0 aliphatic rings. The van der Waals surface area contributed by atoms with Gasteiger partial charge in [-0.25, -0.2) is 4.98 Å². The van der Waals surface area contributed by atoms with Crippen LogP contribution in [0.15, 0.2) is 24.4 Å². The van der Waals surface area contributed by atoms with Crippen molar-refractivity contribution in [2.75, 3.05) is 0 Å². The van der Waals surface area contributed by atoms with Gasteiger partial charge in [0.1, 0.15) is 0 Å². The Kier molecular flexibility index (Phi) is 3.69. The van der Waals surface area contributed by atoms with Crippen LogP contribution in [0.25, 0.3) is 11.1 Å². The molecule has 1 aromatic heterocycles. The largest absolute Gasteiger partial charge is 0.504 e. The third kappa shape index (κ3) is 2.45. The SMILES string of the molecule is Oc1c(-c2cc(Cl)cc(Cl)c2Cl)ccnc1Cl. The maximum Gasteiger partial charge on any atom is 0.171 e. The Bertz CT molecular complexity index is 586. The lowest BCUT2D eigenvalue weighted by Gasteiger charge is -2.09. The summed E-state index contributed by atoms with van der Waals surface area (Å²) in [5.41, 5.74) is 0.936. The lowest BCUT2D eigenvalue weighted by atomic mass is 10.1.